The van der Waals surface area contributed by atoms with Crippen molar-refractivity contribution < 1.29 is 0 Å². The molecule has 0 spiro atoms. The van der Waals surface area contributed by atoms with E-state index in [1.165, 1.54) is 0 Å². The Balaban J connectivity index is 2.18. The molecule has 18 heavy (non-hydrogen) atoms. The van der Waals surface area contributed by atoms with Gasteiger partial charge in [0.05, 0.1) is 0 Å². The Kier molecular flexibility index (Phi) is 2.60. The van der Waals surface area contributed by atoms with Crippen molar-refractivity contribution in [3.05, 3.63) is 84.9 Å². The first-order chi connectivity index (χ1) is 8.95. The second kappa shape index (κ2) is 4.55. The minimum Gasteiger partial charge on any atom is -0.0696 e. The van der Waals surface area contributed by atoms with Gasteiger partial charge in [0.15, 0.2) is 0 Å². The molecule has 0 heterocycles. The molecule has 0 heteroatoms. The van der Waals surface area contributed by atoms with E-state index in [1.54, 1.807) is 0 Å². The Hall–Kier alpha value is -2.88. The van der Waals surface area contributed by atoms with Crippen LogP contribution in [-0.2, 0) is 0 Å². The number of hydrogen-bond acceptors (Lipinski definition) is 0. The van der Waals surface area contributed by atoms with E-state index in [0.29, 0.717) is 0 Å². The van der Waals surface area contributed by atoms with Crippen LogP contribution in [0.2, 0.25) is 0 Å². The lowest BCUT2D eigenvalue weighted by Gasteiger charge is -2.03. The summed E-state index contributed by atoms with van der Waals surface area (Å²) >= 11 is 0. The molecule has 3 rings (SSSR count). The van der Waals surface area contributed by atoms with Crippen LogP contribution >= 0.6 is 0 Å². The molecule has 0 saturated carbocycles. The van der Waals surface area contributed by atoms with Crippen LogP contribution in [0, 0.1) is 36.4 Å². The van der Waals surface area contributed by atoms with Crippen LogP contribution in [0.3, 0.4) is 0 Å². The maximum atomic E-state index is 3.14. The fraction of sp³-hybridized carbons (Fsp3) is 0. The minimum atomic E-state index is 0.960. The van der Waals surface area contributed by atoms with Crippen molar-refractivity contribution in [2.75, 3.05) is 0 Å². The summed E-state index contributed by atoms with van der Waals surface area (Å²) in [7, 11) is 0. The zero-order valence-electron chi connectivity index (χ0n) is 9.62. The van der Waals surface area contributed by atoms with Crippen molar-refractivity contribution >= 4 is 0 Å². The van der Waals surface area contributed by atoms with E-state index in [-0.39, 0.29) is 0 Å². The third kappa shape index (κ3) is 1.87. The predicted octanol–water partition coefficient (Wildman–Crippen LogP) is 3.82. The highest BCUT2D eigenvalue weighted by molar-refractivity contribution is 5.80. The Bertz CT molecular complexity index is 566. The molecule has 0 fully saturated rings. The highest BCUT2D eigenvalue weighted by Gasteiger charge is 2.05. The summed E-state index contributed by atoms with van der Waals surface area (Å²) in [5.74, 6) is 0. The molecule has 0 N–H and O–H groups in total. The van der Waals surface area contributed by atoms with Gasteiger partial charge in [-0.2, -0.15) is 0 Å². The first-order valence-corrected chi connectivity index (χ1v) is 5.65. The van der Waals surface area contributed by atoms with E-state index in [0.717, 1.165) is 22.3 Å². The average Bonchev–Trinajstić information content (AvgIpc) is 2.49. The highest BCUT2D eigenvalue weighted by Crippen LogP contribution is 2.27. The lowest BCUT2D eigenvalue weighted by Crippen LogP contribution is -1.81. The van der Waals surface area contributed by atoms with Gasteiger partial charge < -0.3 is 0 Å². The molecule has 0 aromatic heterocycles. The normalized spacial score (nSPS) is 8.89. The number of rotatable bonds is 2. The van der Waals surface area contributed by atoms with Crippen molar-refractivity contribution in [3.8, 4) is 22.3 Å². The summed E-state index contributed by atoms with van der Waals surface area (Å²) in [6.07, 6.45) is 0. The van der Waals surface area contributed by atoms with E-state index in [4.69, 9.17) is 0 Å². The lowest BCUT2D eigenvalue weighted by molar-refractivity contribution is 1.61. The van der Waals surface area contributed by atoms with Crippen molar-refractivity contribution in [1.29, 1.82) is 0 Å². The maximum absolute atomic E-state index is 3.14. The minimum absolute atomic E-state index is 0.960. The fourth-order valence-electron chi connectivity index (χ4n) is 1.84. The van der Waals surface area contributed by atoms with Crippen LogP contribution in [0.4, 0.5) is 0 Å². The predicted molar refractivity (Wildman–Crippen MR) is 70.3 cm³/mol. The molecule has 0 saturated heterocycles. The Morgan fingerprint density at radius 1 is 0.611 bits per heavy atom. The van der Waals surface area contributed by atoms with E-state index >= 15 is 0 Å². The van der Waals surface area contributed by atoms with Gasteiger partial charge in [0.1, 0.15) is 0 Å². The highest BCUT2D eigenvalue weighted by atomic mass is 14.1. The molecule has 0 aliphatic carbocycles. The second-order valence-corrected chi connectivity index (χ2v) is 3.81. The van der Waals surface area contributed by atoms with E-state index in [2.05, 4.69) is 36.4 Å². The summed E-state index contributed by atoms with van der Waals surface area (Å²) in [6.45, 7) is 0. The van der Waals surface area contributed by atoms with Gasteiger partial charge in [0.25, 0.3) is 0 Å². The lowest BCUT2D eigenvalue weighted by atomic mass is 9.98. The molecule has 80 valence electrons. The van der Waals surface area contributed by atoms with E-state index in [1.807, 2.05) is 48.5 Å². The van der Waals surface area contributed by atoms with Gasteiger partial charge in [-0.3, -0.25) is 0 Å². The summed E-state index contributed by atoms with van der Waals surface area (Å²) in [5.41, 5.74) is 3.98. The first kappa shape index (κ1) is 10.3. The van der Waals surface area contributed by atoms with Crippen LogP contribution in [-0.4, -0.2) is 0 Å². The Morgan fingerprint density at radius 2 is 1.28 bits per heavy atom. The number of hydrogen-bond donors (Lipinski definition) is 0. The van der Waals surface area contributed by atoms with Crippen LogP contribution in [0.25, 0.3) is 22.3 Å². The molecule has 0 aliphatic rings. The molecule has 0 unspecified atom stereocenters. The Labute approximate surface area is 108 Å². The molecule has 0 nitrogen and oxygen atoms in total. The Morgan fingerprint density at radius 3 is 1.94 bits per heavy atom. The largest absolute Gasteiger partial charge is 0.0696 e. The quantitative estimate of drug-likeness (QED) is 0.620. The van der Waals surface area contributed by atoms with Crippen LogP contribution in [0.5, 0.6) is 0 Å². The molecule has 0 amide bonds. The van der Waals surface area contributed by atoms with Gasteiger partial charge in [-0.05, 0) is 36.4 Å². The second-order valence-electron chi connectivity index (χ2n) is 3.81. The standard InChI is InChI=1S/C18H8/c1-3-9-15(10-4-1)17-13-7-8-14-18(17)16-11-5-2-6-12-16/h1-3,5,7,9,11,13H. The van der Waals surface area contributed by atoms with E-state index < -0.39 is 0 Å². The third-order valence-corrected chi connectivity index (χ3v) is 2.66. The van der Waals surface area contributed by atoms with Crippen molar-refractivity contribution in [1.82, 2.24) is 0 Å². The van der Waals surface area contributed by atoms with Gasteiger partial charge in [-0.1, -0.05) is 48.5 Å². The third-order valence-electron chi connectivity index (χ3n) is 2.66. The van der Waals surface area contributed by atoms with Gasteiger partial charge in [0, 0.05) is 22.3 Å². The van der Waals surface area contributed by atoms with Gasteiger partial charge in [0.2, 0.25) is 0 Å². The van der Waals surface area contributed by atoms with E-state index in [9.17, 15) is 0 Å². The molecule has 3 aromatic carbocycles. The van der Waals surface area contributed by atoms with Gasteiger partial charge in [-0.15, -0.1) is 0 Å². The molecular weight excluding hydrogens is 216 g/mol. The van der Waals surface area contributed by atoms with Crippen molar-refractivity contribution in [2.45, 2.75) is 0 Å². The maximum Gasteiger partial charge on any atom is 0.0490 e. The zero-order valence-corrected chi connectivity index (χ0v) is 9.62. The molecule has 3 aromatic rings. The van der Waals surface area contributed by atoms with Crippen molar-refractivity contribution in [3.63, 3.8) is 0 Å². The monoisotopic (exact) mass is 224 g/mol. The summed E-state index contributed by atoms with van der Waals surface area (Å²) in [4.78, 5) is 0. The molecule has 0 radical (unpaired) electrons. The van der Waals surface area contributed by atoms with Crippen LogP contribution in [0.15, 0.2) is 48.5 Å². The average molecular weight is 224 g/mol. The van der Waals surface area contributed by atoms with Crippen LogP contribution in [0.1, 0.15) is 0 Å². The zero-order chi connectivity index (χ0) is 12.2. The molecule has 0 aliphatic heterocycles. The topological polar surface area (TPSA) is 0 Å². The first-order valence-electron chi connectivity index (χ1n) is 5.65. The molecule has 0 bridgehead atoms. The smallest absolute Gasteiger partial charge is 0.0490 e. The molecular formula is C18H8. The van der Waals surface area contributed by atoms with Crippen molar-refractivity contribution in [2.24, 2.45) is 0 Å². The van der Waals surface area contributed by atoms with Gasteiger partial charge in [-0.25, -0.2) is 0 Å². The SMILES string of the molecule is c1cccc(-c2c#cccc2-c2c#cccc2)c#1. The molecule has 0 atom stereocenters. The summed E-state index contributed by atoms with van der Waals surface area (Å²) in [5, 5.41) is 0. The fourth-order valence-corrected chi connectivity index (χ4v) is 1.84. The van der Waals surface area contributed by atoms with Gasteiger partial charge >= 0.3 is 0 Å². The van der Waals surface area contributed by atoms with Crippen LogP contribution < -0.4 is 0 Å². The summed E-state index contributed by atoms with van der Waals surface area (Å²) < 4.78 is 0. The summed E-state index contributed by atoms with van der Waals surface area (Å²) in [6, 6.07) is 33.7.